The number of benzene rings is 1. The molecule has 1 fully saturated rings. The zero-order valence-electron chi connectivity index (χ0n) is 17.6. The van der Waals surface area contributed by atoms with E-state index in [-0.39, 0.29) is 18.0 Å². The van der Waals surface area contributed by atoms with Crippen molar-refractivity contribution in [3.05, 3.63) is 52.2 Å². The molecule has 1 saturated heterocycles. The fourth-order valence-corrected chi connectivity index (χ4v) is 4.28. The Balaban J connectivity index is 1.33. The van der Waals surface area contributed by atoms with Crippen LogP contribution in [0.15, 0.2) is 35.1 Å². The number of nitrogens with one attached hydrogen (secondary N) is 1. The van der Waals surface area contributed by atoms with Gasteiger partial charge in [0.1, 0.15) is 6.10 Å². The number of fused-ring (bicyclic) bond motifs is 1. The van der Waals surface area contributed by atoms with Crippen LogP contribution in [0.25, 0.3) is 0 Å². The molecule has 8 heteroatoms. The molecule has 2 aromatic rings. The van der Waals surface area contributed by atoms with Gasteiger partial charge in [-0.15, -0.1) is 0 Å². The lowest BCUT2D eigenvalue weighted by atomic mass is 9.94. The molecule has 2 aliphatic heterocycles. The van der Waals surface area contributed by atoms with Crippen molar-refractivity contribution in [2.75, 3.05) is 33.3 Å². The maximum absolute atomic E-state index is 12.7. The van der Waals surface area contributed by atoms with Gasteiger partial charge >= 0.3 is 5.69 Å². The van der Waals surface area contributed by atoms with Crippen molar-refractivity contribution in [1.82, 2.24) is 24.6 Å². The summed E-state index contributed by atoms with van der Waals surface area (Å²) in [7, 11) is 2.16. The van der Waals surface area contributed by atoms with E-state index in [0.717, 1.165) is 25.1 Å². The summed E-state index contributed by atoms with van der Waals surface area (Å²) < 4.78 is 8.90. The third-order valence-electron chi connectivity index (χ3n) is 6.13. The standard InChI is InChI=1S/C22H31N5O3/c1-25-11-8-17(9-12-25)7-10-23-20(28)15-19-21-24-27(16-18-5-3-2-4-6-18)22(29)26(21)13-14-30-19/h2-6,17,19H,7-16H2,1H3,(H,23,28). The highest BCUT2D eigenvalue weighted by atomic mass is 16.5. The summed E-state index contributed by atoms with van der Waals surface area (Å²) in [6.45, 7) is 4.26. The number of aromatic nitrogens is 3. The summed E-state index contributed by atoms with van der Waals surface area (Å²) in [4.78, 5) is 27.6. The molecule has 2 aliphatic rings. The number of carbonyl (C=O) groups is 1. The topological polar surface area (TPSA) is 81.4 Å². The van der Waals surface area contributed by atoms with E-state index >= 15 is 0 Å². The molecule has 1 amide bonds. The van der Waals surface area contributed by atoms with Crippen LogP contribution < -0.4 is 11.0 Å². The minimum absolute atomic E-state index is 0.0496. The number of amides is 1. The van der Waals surface area contributed by atoms with Gasteiger partial charge in [0.25, 0.3) is 0 Å². The number of carbonyl (C=O) groups excluding carboxylic acids is 1. The van der Waals surface area contributed by atoms with E-state index in [0.29, 0.717) is 38.0 Å². The molecular formula is C22H31N5O3. The second-order valence-electron chi connectivity index (χ2n) is 8.38. The molecule has 0 radical (unpaired) electrons. The van der Waals surface area contributed by atoms with E-state index in [4.69, 9.17) is 4.74 Å². The van der Waals surface area contributed by atoms with Crippen LogP contribution in [0.2, 0.25) is 0 Å². The van der Waals surface area contributed by atoms with E-state index in [1.54, 1.807) is 4.57 Å². The maximum Gasteiger partial charge on any atom is 0.346 e. The number of ether oxygens (including phenoxy) is 1. The molecule has 0 bridgehead atoms. The predicted octanol–water partition coefficient (Wildman–Crippen LogP) is 1.40. The van der Waals surface area contributed by atoms with Crippen LogP contribution in [0.3, 0.4) is 0 Å². The van der Waals surface area contributed by atoms with Crippen molar-refractivity contribution < 1.29 is 9.53 Å². The first-order valence-corrected chi connectivity index (χ1v) is 10.9. The lowest BCUT2D eigenvalue weighted by Gasteiger charge is -2.29. The normalized spacial score (nSPS) is 20.1. The number of likely N-dealkylation sites (tertiary alicyclic amines) is 1. The van der Waals surface area contributed by atoms with E-state index < -0.39 is 6.10 Å². The molecule has 1 atom stereocenters. The van der Waals surface area contributed by atoms with Gasteiger partial charge in [0.15, 0.2) is 5.82 Å². The van der Waals surface area contributed by atoms with Gasteiger partial charge in [-0.25, -0.2) is 9.48 Å². The summed E-state index contributed by atoms with van der Waals surface area (Å²) in [6, 6.07) is 9.77. The molecule has 1 unspecified atom stereocenters. The molecule has 0 aliphatic carbocycles. The predicted molar refractivity (Wildman–Crippen MR) is 113 cm³/mol. The van der Waals surface area contributed by atoms with Gasteiger partial charge in [-0.1, -0.05) is 30.3 Å². The van der Waals surface area contributed by atoms with Gasteiger partial charge in [-0.3, -0.25) is 9.36 Å². The van der Waals surface area contributed by atoms with E-state index in [1.165, 1.54) is 17.5 Å². The summed E-state index contributed by atoms with van der Waals surface area (Å²) in [5, 5.41) is 7.52. The molecule has 30 heavy (non-hydrogen) atoms. The second-order valence-corrected chi connectivity index (χ2v) is 8.38. The van der Waals surface area contributed by atoms with Crippen molar-refractivity contribution >= 4 is 5.91 Å². The molecule has 1 N–H and O–H groups in total. The molecule has 8 nitrogen and oxygen atoms in total. The highest BCUT2D eigenvalue weighted by Crippen LogP contribution is 2.23. The number of rotatable bonds is 7. The van der Waals surface area contributed by atoms with Crippen LogP contribution in [-0.4, -0.2) is 58.4 Å². The minimum atomic E-state index is -0.480. The van der Waals surface area contributed by atoms with Crippen molar-refractivity contribution in [1.29, 1.82) is 0 Å². The third-order valence-corrected chi connectivity index (χ3v) is 6.13. The molecule has 0 saturated carbocycles. The molecular weight excluding hydrogens is 382 g/mol. The van der Waals surface area contributed by atoms with Crippen molar-refractivity contribution in [3.8, 4) is 0 Å². The van der Waals surface area contributed by atoms with E-state index in [1.807, 2.05) is 30.3 Å². The SMILES string of the molecule is CN1CCC(CCNC(=O)CC2OCCn3c2nn(Cc2ccccc2)c3=O)CC1. The average Bonchev–Trinajstić information content (AvgIpc) is 3.07. The number of piperidine rings is 1. The number of hydrogen-bond acceptors (Lipinski definition) is 5. The van der Waals surface area contributed by atoms with E-state index in [9.17, 15) is 9.59 Å². The second kappa shape index (κ2) is 9.57. The van der Waals surface area contributed by atoms with Gasteiger partial charge in [0.05, 0.1) is 26.1 Å². The zero-order chi connectivity index (χ0) is 20.9. The molecule has 3 heterocycles. The highest BCUT2D eigenvalue weighted by Gasteiger charge is 2.29. The zero-order valence-corrected chi connectivity index (χ0v) is 17.6. The van der Waals surface area contributed by atoms with Gasteiger partial charge in [-0.05, 0) is 50.9 Å². The van der Waals surface area contributed by atoms with E-state index in [2.05, 4.69) is 22.4 Å². The van der Waals surface area contributed by atoms with Crippen LogP contribution in [0, 0.1) is 5.92 Å². The number of hydrogen-bond donors (Lipinski definition) is 1. The average molecular weight is 414 g/mol. The summed E-state index contributed by atoms with van der Waals surface area (Å²) in [5.41, 5.74) is 0.865. The molecule has 1 aromatic carbocycles. The Hall–Kier alpha value is -2.45. The molecule has 0 spiro atoms. The molecule has 1 aromatic heterocycles. The highest BCUT2D eigenvalue weighted by molar-refractivity contribution is 5.76. The first-order valence-electron chi connectivity index (χ1n) is 10.9. The Morgan fingerprint density at radius 1 is 1.20 bits per heavy atom. The first kappa shape index (κ1) is 20.8. The van der Waals surface area contributed by atoms with Gasteiger partial charge < -0.3 is 15.0 Å². The smallest absolute Gasteiger partial charge is 0.346 e. The monoisotopic (exact) mass is 413 g/mol. The van der Waals surface area contributed by atoms with Crippen molar-refractivity contribution in [2.24, 2.45) is 5.92 Å². The van der Waals surface area contributed by atoms with Gasteiger partial charge in [0, 0.05) is 6.54 Å². The lowest BCUT2D eigenvalue weighted by Crippen LogP contribution is -2.34. The lowest BCUT2D eigenvalue weighted by molar-refractivity contribution is -0.125. The quantitative estimate of drug-likeness (QED) is 0.742. The fourth-order valence-electron chi connectivity index (χ4n) is 4.28. The Labute approximate surface area is 176 Å². The van der Waals surface area contributed by atoms with Crippen molar-refractivity contribution in [2.45, 2.75) is 44.9 Å². The number of nitrogens with zero attached hydrogens (tertiary/aromatic N) is 4. The van der Waals surface area contributed by atoms with Crippen LogP contribution in [-0.2, 0) is 22.6 Å². The Kier molecular flexibility index (Phi) is 6.64. The van der Waals surface area contributed by atoms with Gasteiger partial charge in [-0.2, -0.15) is 5.10 Å². The Morgan fingerprint density at radius 2 is 1.97 bits per heavy atom. The van der Waals surface area contributed by atoms with Crippen LogP contribution in [0.1, 0.15) is 43.2 Å². The summed E-state index contributed by atoms with van der Waals surface area (Å²) in [5.74, 6) is 1.19. The van der Waals surface area contributed by atoms with Crippen LogP contribution in [0.4, 0.5) is 0 Å². The summed E-state index contributed by atoms with van der Waals surface area (Å²) >= 11 is 0. The summed E-state index contributed by atoms with van der Waals surface area (Å²) in [6.07, 6.45) is 3.12. The molecule has 162 valence electrons. The maximum atomic E-state index is 12.7. The largest absolute Gasteiger partial charge is 0.368 e. The first-order chi connectivity index (χ1) is 14.6. The van der Waals surface area contributed by atoms with Crippen molar-refractivity contribution in [3.63, 3.8) is 0 Å². The van der Waals surface area contributed by atoms with Crippen LogP contribution in [0.5, 0.6) is 0 Å². The molecule has 4 rings (SSSR count). The fraction of sp³-hybridized carbons (Fsp3) is 0.591. The minimum Gasteiger partial charge on any atom is -0.368 e. The van der Waals surface area contributed by atoms with Gasteiger partial charge in [0.2, 0.25) is 5.91 Å². The Morgan fingerprint density at radius 3 is 2.73 bits per heavy atom. The Bertz CT molecular complexity index is 899. The van der Waals surface area contributed by atoms with Crippen LogP contribution >= 0.6 is 0 Å². The third kappa shape index (κ3) is 4.99.